The highest BCUT2D eigenvalue weighted by molar-refractivity contribution is 7.14. The Labute approximate surface area is 170 Å². The van der Waals surface area contributed by atoms with Crippen LogP contribution in [-0.2, 0) is 0 Å². The first kappa shape index (κ1) is 20.5. The Morgan fingerprint density at radius 3 is 2.69 bits per heavy atom. The van der Waals surface area contributed by atoms with Gasteiger partial charge in [-0.25, -0.2) is 4.98 Å². The Bertz CT molecular complexity index is 994. The van der Waals surface area contributed by atoms with Gasteiger partial charge in [0.25, 0.3) is 5.91 Å². The van der Waals surface area contributed by atoms with Crippen LogP contribution in [0.4, 0.5) is 13.9 Å². The van der Waals surface area contributed by atoms with E-state index in [1.807, 2.05) is 6.92 Å². The van der Waals surface area contributed by atoms with E-state index in [1.54, 1.807) is 41.8 Å². The van der Waals surface area contributed by atoms with E-state index in [-0.39, 0.29) is 11.7 Å². The molecule has 0 spiro atoms. The zero-order valence-electron chi connectivity index (χ0n) is 15.6. The highest BCUT2D eigenvalue weighted by Crippen LogP contribution is 2.33. The van der Waals surface area contributed by atoms with E-state index in [1.165, 1.54) is 24.5 Å². The second kappa shape index (κ2) is 9.33. The van der Waals surface area contributed by atoms with Crippen molar-refractivity contribution in [1.29, 1.82) is 0 Å². The molecule has 152 valence electrons. The van der Waals surface area contributed by atoms with Crippen LogP contribution < -0.4 is 19.5 Å². The van der Waals surface area contributed by atoms with E-state index in [0.29, 0.717) is 40.1 Å². The molecule has 0 aliphatic heterocycles. The first-order valence-electron chi connectivity index (χ1n) is 8.63. The highest BCUT2D eigenvalue weighted by atomic mass is 32.1. The average molecular weight is 420 g/mol. The van der Waals surface area contributed by atoms with Gasteiger partial charge in [0, 0.05) is 16.5 Å². The van der Waals surface area contributed by atoms with Gasteiger partial charge in [-0.2, -0.15) is 8.78 Å². The number of nitrogens with zero attached hydrogens (tertiary/aromatic N) is 1. The molecule has 29 heavy (non-hydrogen) atoms. The van der Waals surface area contributed by atoms with Crippen LogP contribution in [0.5, 0.6) is 17.2 Å². The summed E-state index contributed by atoms with van der Waals surface area (Å²) >= 11 is 1.17. The molecular weight excluding hydrogens is 402 g/mol. The second-order valence-electron chi connectivity index (χ2n) is 5.67. The third-order valence-corrected chi connectivity index (χ3v) is 4.59. The van der Waals surface area contributed by atoms with E-state index in [0.717, 1.165) is 0 Å². The van der Waals surface area contributed by atoms with Crippen LogP contribution >= 0.6 is 11.3 Å². The second-order valence-corrected chi connectivity index (χ2v) is 6.52. The maximum atomic E-state index is 12.6. The zero-order chi connectivity index (χ0) is 20.8. The van der Waals surface area contributed by atoms with Crippen molar-refractivity contribution in [3.8, 4) is 28.5 Å². The molecule has 0 radical (unpaired) electrons. The fraction of sp³-hybridized carbons (Fsp3) is 0.200. The van der Waals surface area contributed by atoms with Crippen LogP contribution in [0.1, 0.15) is 17.3 Å². The number of aromatic nitrogens is 1. The summed E-state index contributed by atoms with van der Waals surface area (Å²) in [6, 6.07) is 11.2. The lowest BCUT2D eigenvalue weighted by Crippen LogP contribution is -2.12. The molecule has 1 N–H and O–H groups in total. The molecule has 1 heterocycles. The number of hydrogen-bond acceptors (Lipinski definition) is 6. The number of nitrogens with one attached hydrogen (secondary N) is 1. The molecule has 0 bridgehead atoms. The molecule has 0 saturated carbocycles. The monoisotopic (exact) mass is 420 g/mol. The molecule has 3 aromatic rings. The van der Waals surface area contributed by atoms with E-state index < -0.39 is 6.61 Å². The van der Waals surface area contributed by atoms with E-state index in [4.69, 9.17) is 9.47 Å². The van der Waals surface area contributed by atoms with Crippen LogP contribution in [0.25, 0.3) is 11.3 Å². The van der Waals surface area contributed by atoms with Crippen molar-refractivity contribution in [1.82, 2.24) is 4.98 Å². The fourth-order valence-corrected chi connectivity index (χ4v) is 3.29. The SMILES string of the molecule is CCOc1ccc(C(=O)Nc2nc(-c3ccccc3OC(F)F)cs2)cc1OC. The van der Waals surface area contributed by atoms with Crippen LogP contribution in [0, 0.1) is 0 Å². The number of carbonyl (C=O) groups is 1. The number of ether oxygens (including phenoxy) is 3. The minimum absolute atomic E-state index is 0.0157. The van der Waals surface area contributed by atoms with Crippen molar-refractivity contribution in [2.45, 2.75) is 13.5 Å². The normalized spacial score (nSPS) is 10.7. The molecule has 0 saturated heterocycles. The summed E-state index contributed by atoms with van der Waals surface area (Å²) in [5.74, 6) is 0.613. The first-order chi connectivity index (χ1) is 14.0. The van der Waals surface area contributed by atoms with E-state index >= 15 is 0 Å². The lowest BCUT2D eigenvalue weighted by Gasteiger charge is -2.10. The van der Waals surface area contributed by atoms with Crippen molar-refractivity contribution in [2.75, 3.05) is 19.0 Å². The number of halogens is 2. The molecule has 2 aromatic carbocycles. The summed E-state index contributed by atoms with van der Waals surface area (Å²) in [4.78, 5) is 16.9. The van der Waals surface area contributed by atoms with Gasteiger partial charge in [-0.15, -0.1) is 11.3 Å². The summed E-state index contributed by atoms with van der Waals surface area (Å²) in [6.07, 6.45) is 0. The van der Waals surface area contributed by atoms with Gasteiger partial charge in [0.2, 0.25) is 0 Å². The lowest BCUT2D eigenvalue weighted by molar-refractivity contribution is -0.0494. The van der Waals surface area contributed by atoms with E-state index in [9.17, 15) is 13.6 Å². The molecule has 0 atom stereocenters. The maximum absolute atomic E-state index is 12.6. The third kappa shape index (κ3) is 5.00. The van der Waals surface area contributed by atoms with Gasteiger partial charge in [0.1, 0.15) is 5.75 Å². The summed E-state index contributed by atoms with van der Waals surface area (Å²) < 4.78 is 40.4. The Hall–Kier alpha value is -3.20. The van der Waals surface area contributed by atoms with Gasteiger partial charge >= 0.3 is 6.61 Å². The predicted molar refractivity (Wildman–Crippen MR) is 106 cm³/mol. The molecule has 6 nitrogen and oxygen atoms in total. The fourth-order valence-electron chi connectivity index (χ4n) is 2.58. The molecule has 1 aromatic heterocycles. The number of para-hydroxylation sites is 1. The molecule has 0 unspecified atom stereocenters. The summed E-state index contributed by atoms with van der Waals surface area (Å²) in [5.41, 5.74) is 1.20. The predicted octanol–water partition coefficient (Wildman–Crippen LogP) is 5.07. The van der Waals surface area contributed by atoms with Crippen molar-refractivity contribution in [2.24, 2.45) is 0 Å². The number of hydrogen-bond donors (Lipinski definition) is 1. The number of methoxy groups -OCH3 is 1. The van der Waals surface area contributed by atoms with Gasteiger partial charge in [-0.05, 0) is 37.3 Å². The van der Waals surface area contributed by atoms with Gasteiger partial charge < -0.3 is 14.2 Å². The third-order valence-electron chi connectivity index (χ3n) is 3.83. The van der Waals surface area contributed by atoms with Crippen molar-refractivity contribution in [3.05, 3.63) is 53.4 Å². The molecule has 1 amide bonds. The smallest absolute Gasteiger partial charge is 0.387 e. The highest BCUT2D eigenvalue weighted by Gasteiger charge is 2.16. The maximum Gasteiger partial charge on any atom is 0.387 e. The topological polar surface area (TPSA) is 69.7 Å². The number of thiazole rings is 1. The van der Waals surface area contributed by atoms with Crippen molar-refractivity contribution in [3.63, 3.8) is 0 Å². The molecular formula is C20H18F2N2O4S. The van der Waals surface area contributed by atoms with E-state index in [2.05, 4.69) is 15.0 Å². The standard InChI is InChI=1S/C20H18F2N2O4S/c1-3-27-16-9-8-12(10-17(16)26-2)18(25)24-20-23-14(11-29-20)13-6-4-5-7-15(13)28-19(21)22/h4-11,19H,3H2,1-2H3,(H,23,24,25). The minimum atomic E-state index is -2.94. The summed E-state index contributed by atoms with van der Waals surface area (Å²) in [5, 5.41) is 4.67. The van der Waals surface area contributed by atoms with Gasteiger partial charge in [0.15, 0.2) is 16.6 Å². The minimum Gasteiger partial charge on any atom is -0.493 e. The van der Waals surface area contributed by atoms with Gasteiger partial charge in [0.05, 0.1) is 19.4 Å². The van der Waals surface area contributed by atoms with Gasteiger partial charge in [-0.3, -0.25) is 10.1 Å². The number of amides is 1. The molecule has 0 fully saturated rings. The molecule has 0 aliphatic rings. The zero-order valence-corrected chi connectivity index (χ0v) is 16.5. The molecule has 0 aliphatic carbocycles. The molecule has 3 rings (SSSR count). The number of anilines is 1. The first-order valence-corrected chi connectivity index (χ1v) is 9.51. The van der Waals surface area contributed by atoms with Crippen LogP contribution in [0.15, 0.2) is 47.8 Å². The Morgan fingerprint density at radius 2 is 1.97 bits per heavy atom. The van der Waals surface area contributed by atoms with Crippen LogP contribution in [0.2, 0.25) is 0 Å². The van der Waals surface area contributed by atoms with Crippen molar-refractivity contribution >= 4 is 22.4 Å². The van der Waals surface area contributed by atoms with Crippen molar-refractivity contribution < 1.29 is 27.8 Å². The summed E-state index contributed by atoms with van der Waals surface area (Å²) in [7, 11) is 1.49. The number of rotatable bonds is 8. The van der Waals surface area contributed by atoms with Gasteiger partial charge in [-0.1, -0.05) is 12.1 Å². The quantitative estimate of drug-likeness (QED) is 0.551. The van der Waals surface area contributed by atoms with Crippen LogP contribution in [-0.4, -0.2) is 31.2 Å². The molecule has 9 heteroatoms. The Balaban J connectivity index is 1.78. The number of alkyl halides is 2. The number of carbonyl (C=O) groups excluding carboxylic acids is 1. The number of benzene rings is 2. The Kier molecular flexibility index (Phi) is 6.61. The lowest BCUT2D eigenvalue weighted by atomic mass is 10.1. The van der Waals surface area contributed by atoms with Crippen LogP contribution in [0.3, 0.4) is 0 Å². The average Bonchev–Trinajstić information content (AvgIpc) is 3.16. The largest absolute Gasteiger partial charge is 0.493 e. The summed E-state index contributed by atoms with van der Waals surface area (Å²) in [6.45, 7) is -0.617. The Morgan fingerprint density at radius 1 is 1.17 bits per heavy atom.